The lowest BCUT2D eigenvalue weighted by molar-refractivity contribution is -0.385. The third kappa shape index (κ3) is 9.72. The number of benzene rings is 1. The van der Waals surface area contributed by atoms with Gasteiger partial charge in [0.1, 0.15) is 0 Å². The van der Waals surface area contributed by atoms with Crippen molar-refractivity contribution in [1.82, 2.24) is 0 Å². The fourth-order valence-electron chi connectivity index (χ4n) is 3.36. The van der Waals surface area contributed by atoms with Crippen LogP contribution < -0.4 is 0 Å². The van der Waals surface area contributed by atoms with Gasteiger partial charge in [0.25, 0.3) is 5.69 Å². The van der Waals surface area contributed by atoms with E-state index < -0.39 is 78.6 Å². The summed E-state index contributed by atoms with van der Waals surface area (Å²) in [6, 6.07) is 3.65. The maximum absolute atomic E-state index is 13.7. The molecule has 0 saturated carbocycles. The zero-order chi connectivity index (χ0) is 31.9. The van der Waals surface area contributed by atoms with Gasteiger partial charge in [0.15, 0.2) is 26.6 Å². The average molecular weight is 600 g/mol. The summed E-state index contributed by atoms with van der Waals surface area (Å²) >= 11 is 0. The lowest BCUT2D eigenvalue weighted by atomic mass is 9.94. The molecule has 0 aliphatic rings. The highest BCUT2D eigenvalue weighted by atomic mass is 28.4. The number of nitrogens with zero attached hydrogens (tertiary/aromatic N) is 1. The first-order chi connectivity index (χ1) is 18.7. The Labute approximate surface area is 238 Å². The van der Waals surface area contributed by atoms with E-state index in [-0.39, 0.29) is 11.6 Å². The summed E-state index contributed by atoms with van der Waals surface area (Å²) in [6.07, 6.45) is -8.70. The minimum atomic E-state index is -2.30. The van der Waals surface area contributed by atoms with Crippen LogP contribution in [-0.2, 0) is 49.2 Å². The van der Waals surface area contributed by atoms with E-state index in [0.717, 1.165) is 40.0 Å². The van der Waals surface area contributed by atoms with Crippen molar-refractivity contribution in [3.63, 3.8) is 0 Å². The Balaban J connectivity index is 3.69. The quantitative estimate of drug-likeness (QED) is 0.0868. The Kier molecular flexibility index (Phi) is 12.3. The van der Waals surface area contributed by atoms with Crippen LogP contribution in [-0.4, -0.2) is 79.5 Å². The first-order valence-corrected chi connectivity index (χ1v) is 15.4. The van der Waals surface area contributed by atoms with Gasteiger partial charge in [-0.05, 0) is 29.8 Å². The van der Waals surface area contributed by atoms with Gasteiger partial charge in [0, 0.05) is 26.8 Å². The normalized spacial score (nSPS) is 14.6. The van der Waals surface area contributed by atoms with Crippen LogP contribution >= 0.6 is 0 Å². The molecule has 1 N–H and O–H groups in total. The van der Waals surface area contributed by atoms with Crippen LogP contribution in [0.4, 0.5) is 5.69 Å². The second-order valence-corrected chi connectivity index (χ2v) is 15.5. The summed E-state index contributed by atoms with van der Waals surface area (Å²) in [4.78, 5) is 72.7. The number of Topliss-reactive ketones (excluding diaryl/α,β-unsaturated/α-hetero) is 1. The van der Waals surface area contributed by atoms with Crippen molar-refractivity contribution in [2.45, 2.75) is 90.7 Å². The standard InChI is InChI=1S/C26H37NO13Si/c1-14(28)38-22(24(40-16(3)30)23(39-15(2)29)21(32)25(33)36-7)20(31)18-11-10-17(12-19(18)27(34)35)13-37-41(8,9)26(4,5)6/h10-12,21-24,32H,13H2,1-9H3/t21-,22-,23+,24+/m0/s1. The Morgan fingerprint density at radius 3 is 1.90 bits per heavy atom. The van der Waals surface area contributed by atoms with Crippen molar-refractivity contribution in [2.24, 2.45) is 0 Å². The second kappa shape index (κ2) is 14.3. The van der Waals surface area contributed by atoms with Crippen molar-refractivity contribution in [2.75, 3.05) is 7.11 Å². The average Bonchev–Trinajstić information content (AvgIpc) is 2.85. The molecule has 0 amide bonds. The van der Waals surface area contributed by atoms with Crippen LogP contribution in [0.3, 0.4) is 0 Å². The van der Waals surface area contributed by atoms with Gasteiger partial charge in [-0.1, -0.05) is 26.8 Å². The van der Waals surface area contributed by atoms with Gasteiger partial charge in [-0.2, -0.15) is 0 Å². The van der Waals surface area contributed by atoms with Gasteiger partial charge in [0.05, 0.1) is 24.2 Å². The van der Waals surface area contributed by atoms with Crippen molar-refractivity contribution in [3.05, 3.63) is 39.4 Å². The van der Waals surface area contributed by atoms with Crippen LogP contribution in [0, 0.1) is 10.1 Å². The molecule has 0 aliphatic heterocycles. The molecule has 0 saturated heterocycles. The number of aliphatic hydroxyl groups is 1. The monoisotopic (exact) mass is 599 g/mol. The lowest BCUT2D eigenvalue weighted by Crippen LogP contribution is -2.55. The zero-order valence-corrected chi connectivity index (χ0v) is 25.5. The van der Waals surface area contributed by atoms with Crippen LogP contribution in [0.25, 0.3) is 0 Å². The molecule has 0 bridgehead atoms. The van der Waals surface area contributed by atoms with E-state index >= 15 is 0 Å². The fraction of sp³-hybridized carbons (Fsp3) is 0.577. The van der Waals surface area contributed by atoms with E-state index in [1.165, 1.54) is 6.07 Å². The van der Waals surface area contributed by atoms with Crippen LogP contribution in [0.2, 0.25) is 18.1 Å². The number of methoxy groups -OCH3 is 1. The number of ketones is 1. The largest absolute Gasteiger partial charge is 0.467 e. The van der Waals surface area contributed by atoms with Crippen molar-refractivity contribution < 1.29 is 57.4 Å². The highest BCUT2D eigenvalue weighted by Crippen LogP contribution is 2.37. The maximum Gasteiger partial charge on any atom is 0.338 e. The van der Waals surface area contributed by atoms with E-state index in [2.05, 4.69) is 4.74 Å². The number of esters is 4. The molecule has 4 atom stereocenters. The Hall–Kier alpha value is -3.69. The molecule has 1 aromatic carbocycles. The van der Waals surface area contributed by atoms with Gasteiger partial charge in [0.2, 0.25) is 11.9 Å². The number of hydrogen-bond donors (Lipinski definition) is 1. The molecular weight excluding hydrogens is 562 g/mol. The molecule has 0 radical (unpaired) electrons. The molecule has 15 heteroatoms. The predicted molar refractivity (Wildman–Crippen MR) is 144 cm³/mol. The Bertz CT molecular complexity index is 1170. The number of carbonyl (C=O) groups excluding carboxylic acids is 5. The third-order valence-corrected chi connectivity index (χ3v) is 10.9. The molecule has 0 fully saturated rings. The number of ether oxygens (including phenoxy) is 4. The summed E-state index contributed by atoms with van der Waals surface area (Å²) in [7, 11) is -1.32. The van der Waals surface area contributed by atoms with Crippen LogP contribution in [0.1, 0.15) is 57.5 Å². The van der Waals surface area contributed by atoms with Crippen LogP contribution in [0.5, 0.6) is 0 Å². The molecule has 1 rings (SSSR count). The number of nitro groups is 1. The third-order valence-electron chi connectivity index (χ3n) is 6.46. The van der Waals surface area contributed by atoms with E-state index in [9.17, 15) is 39.2 Å². The smallest absolute Gasteiger partial charge is 0.338 e. The van der Waals surface area contributed by atoms with Gasteiger partial charge in [-0.15, -0.1) is 0 Å². The summed E-state index contributed by atoms with van der Waals surface area (Å²) in [5.41, 5.74) is -0.844. The fourth-order valence-corrected chi connectivity index (χ4v) is 4.32. The first-order valence-electron chi connectivity index (χ1n) is 12.5. The predicted octanol–water partition coefficient (Wildman–Crippen LogP) is 2.63. The summed E-state index contributed by atoms with van der Waals surface area (Å²) < 4.78 is 25.7. The number of aliphatic hydroxyl groups excluding tert-OH is 1. The number of nitro benzene ring substituents is 1. The minimum Gasteiger partial charge on any atom is -0.467 e. The van der Waals surface area contributed by atoms with E-state index in [1.54, 1.807) is 0 Å². The lowest BCUT2D eigenvalue weighted by Gasteiger charge is -2.36. The van der Waals surface area contributed by atoms with E-state index in [4.69, 9.17) is 18.6 Å². The molecule has 0 unspecified atom stereocenters. The summed E-state index contributed by atoms with van der Waals surface area (Å²) in [6.45, 7) is 12.8. The Morgan fingerprint density at radius 2 is 1.46 bits per heavy atom. The molecule has 0 aliphatic carbocycles. The maximum atomic E-state index is 13.7. The summed E-state index contributed by atoms with van der Waals surface area (Å²) in [5.74, 6) is -5.80. The Morgan fingerprint density at radius 1 is 0.951 bits per heavy atom. The van der Waals surface area contributed by atoms with E-state index in [0.29, 0.717) is 5.56 Å². The highest BCUT2D eigenvalue weighted by molar-refractivity contribution is 6.74. The second-order valence-electron chi connectivity index (χ2n) is 10.7. The van der Waals surface area contributed by atoms with Crippen LogP contribution in [0.15, 0.2) is 18.2 Å². The van der Waals surface area contributed by atoms with E-state index in [1.807, 2.05) is 33.9 Å². The van der Waals surface area contributed by atoms with Gasteiger partial charge < -0.3 is 28.5 Å². The molecule has 0 spiro atoms. The molecule has 0 aromatic heterocycles. The highest BCUT2D eigenvalue weighted by Gasteiger charge is 2.48. The molecule has 228 valence electrons. The topological polar surface area (TPSA) is 195 Å². The number of rotatable bonds is 13. The van der Waals surface area contributed by atoms with Gasteiger partial charge in [-0.25, -0.2) is 4.79 Å². The van der Waals surface area contributed by atoms with Gasteiger partial charge >= 0.3 is 23.9 Å². The first kappa shape index (κ1) is 35.3. The molecule has 14 nitrogen and oxygen atoms in total. The zero-order valence-electron chi connectivity index (χ0n) is 24.5. The molecule has 41 heavy (non-hydrogen) atoms. The number of hydrogen-bond acceptors (Lipinski definition) is 13. The molecular formula is C26H37NO13Si. The van der Waals surface area contributed by atoms with Crippen molar-refractivity contribution >= 4 is 43.7 Å². The van der Waals surface area contributed by atoms with Crippen molar-refractivity contribution in [3.8, 4) is 0 Å². The SMILES string of the molecule is COC(=O)[C@@H](O)[C@@H](OC(C)=O)[C@H](OC(C)=O)[C@@H](OC(C)=O)C(=O)c1ccc(CO[Si](C)(C)C(C)(C)C)cc1[N+](=O)[O-]. The van der Waals surface area contributed by atoms with Gasteiger partial charge in [-0.3, -0.25) is 29.3 Å². The minimum absolute atomic E-state index is 0.0229. The number of carbonyl (C=O) groups is 5. The van der Waals surface area contributed by atoms with Crippen molar-refractivity contribution in [1.29, 1.82) is 0 Å². The molecule has 1 aromatic rings. The summed E-state index contributed by atoms with van der Waals surface area (Å²) in [5, 5.41) is 22.4. The molecule has 0 heterocycles.